The lowest BCUT2D eigenvalue weighted by Gasteiger charge is -2.15. The largest absolute Gasteiger partial charge is 0.456 e. The highest BCUT2D eigenvalue weighted by molar-refractivity contribution is 14.1. The molecule has 1 heterocycles. The molecule has 0 amide bonds. The summed E-state index contributed by atoms with van der Waals surface area (Å²) in [6.07, 6.45) is 0.690. The topological polar surface area (TPSA) is 51.3 Å². The third-order valence-electron chi connectivity index (χ3n) is 3.40. The Morgan fingerprint density at radius 2 is 1.77 bits per heavy atom. The first-order valence-corrected chi connectivity index (χ1v) is 8.16. The lowest BCUT2D eigenvalue weighted by molar-refractivity contribution is 0.201. The molecule has 0 atom stereocenters. The van der Waals surface area contributed by atoms with E-state index in [1.165, 1.54) is 0 Å². The second-order valence-corrected chi connectivity index (χ2v) is 6.45. The van der Waals surface area contributed by atoms with E-state index in [-0.39, 0.29) is 5.56 Å². The molecule has 1 aromatic carbocycles. The zero-order valence-corrected chi connectivity index (χ0v) is 15.4. The van der Waals surface area contributed by atoms with Gasteiger partial charge in [-0.25, -0.2) is 0 Å². The molecule has 0 aliphatic rings. The van der Waals surface area contributed by atoms with Gasteiger partial charge >= 0.3 is 0 Å². The Morgan fingerprint density at radius 3 is 2.36 bits per heavy atom. The molecule has 4 nitrogen and oxygen atoms in total. The minimum absolute atomic E-state index is 0.126. The van der Waals surface area contributed by atoms with Gasteiger partial charge in [0.05, 0.1) is 6.61 Å². The summed E-state index contributed by atoms with van der Waals surface area (Å²) in [6.45, 7) is 6.52. The van der Waals surface area contributed by atoms with Crippen molar-refractivity contribution >= 4 is 22.6 Å². The van der Waals surface area contributed by atoms with E-state index in [2.05, 4.69) is 11.1 Å². The van der Waals surface area contributed by atoms with Crippen molar-refractivity contribution in [3.8, 4) is 11.5 Å². The molecule has 0 unspecified atom stereocenters. The molecule has 0 saturated heterocycles. The Kier molecular flexibility index (Phi) is 5.63. The van der Waals surface area contributed by atoms with E-state index < -0.39 is 0 Å². The molecule has 0 aliphatic carbocycles. The summed E-state index contributed by atoms with van der Waals surface area (Å²) in [4.78, 5) is 14.9. The van der Waals surface area contributed by atoms with Gasteiger partial charge in [0.15, 0.2) is 5.75 Å². The molecule has 2 aromatic rings. The predicted molar refractivity (Wildman–Crippen MR) is 96.1 cm³/mol. The number of ether oxygens (including phenoxy) is 2. The Hall–Kier alpha value is -1.34. The van der Waals surface area contributed by atoms with E-state index in [0.717, 1.165) is 28.1 Å². The van der Waals surface area contributed by atoms with Crippen LogP contribution < -0.4 is 10.3 Å². The number of rotatable bonds is 5. The number of benzene rings is 1. The van der Waals surface area contributed by atoms with E-state index in [1.807, 2.05) is 55.5 Å². The number of hydrogen-bond donors (Lipinski definition) is 1. The maximum absolute atomic E-state index is 12.0. The summed E-state index contributed by atoms with van der Waals surface area (Å²) in [5, 5.41) is 0. The lowest BCUT2D eigenvalue weighted by Crippen LogP contribution is -2.16. The fourth-order valence-electron chi connectivity index (χ4n) is 2.43. The van der Waals surface area contributed by atoms with Crippen molar-refractivity contribution < 1.29 is 9.47 Å². The van der Waals surface area contributed by atoms with Crippen LogP contribution in [0, 0.1) is 24.3 Å². The smallest absolute Gasteiger partial charge is 0.265 e. The quantitative estimate of drug-likeness (QED) is 0.757. The van der Waals surface area contributed by atoms with E-state index in [4.69, 9.17) is 9.47 Å². The zero-order valence-electron chi connectivity index (χ0n) is 13.2. The van der Waals surface area contributed by atoms with Crippen molar-refractivity contribution in [1.82, 2.24) is 4.98 Å². The van der Waals surface area contributed by atoms with Crippen LogP contribution in [-0.2, 0) is 11.2 Å². The average molecular weight is 413 g/mol. The molecule has 118 valence electrons. The van der Waals surface area contributed by atoms with E-state index >= 15 is 0 Å². The minimum atomic E-state index is -0.126. The van der Waals surface area contributed by atoms with Gasteiger partial charge in [0.2, 0.25) is 0 Å². The third kappa shape index (κ3) is 3.89. The molecule has 2 rings (SSSR count). The van der Waals surface area contributed by atoms with Crippen LogP contribution in [0.4, 0.5) is 0 Å². The first kappa shape index (κ1) is 17.0. The molecular weight excluding hydrogens is 393 g/mol. The minimum Gasteiger partial charge on any atom is -0.456 e. The van der Waals surface area contributed by atoms with Gasteiger partial charge in [0, 0.05) is 24.8 Å². The maximum atomic E-state index is 12.0. The van der Waals surface area contributed by atoms with Gasteiger partial charge in [-0.1, -0.05) is 6.07 Å². The number of aromatic amines is 1. The van der Waals surface area contributed by atoms with Gasteiger partial charge in [-0.05, 0) is 66.6 Å². The van der Waals surface area contributed by atoms with Crippen LogP contribution in [0.1, 0.15) is 22.4 Å². The molecule has 0 spiro atoms. The van der Waals surface area contributed by atoms with Gasteiger partial charge in [-0.3, -0.25) is 4.79 Å². The Morgan fingerprint density at radius 1 is 1.14 bits per heavy atom. The van der Waals surface area contributed by atoms with Crippen LogP contribution in [0.3, 0.4) is 0 Å². The van der Waals surface area contributed by atoms with E-state index in [1.54, 1.807) is 7.11 Å². The van der Waals surface area contributed by atoms with Gasteiger partial charge in [0.1, 0.15) is 9.32 Å². The molecule has 0 radical (unpaired) electrons. The molecule has 0 saturated carbocycles. The van der Waals surface area contributed by atoms with Crippen LogP contribution in [0.15, 0.2) is 23.0 Å². The second kappa shape index (κ2) is 7.28. The second-order valence-electron chi connectivity index (χ2n) is 5.37. The lowest BCUT2D eigenvalue weighted by atomic mass is 10.1. The highest BCUT2D eigenvalue weighted by Crippen LogP contribution is 2.31. The molecule has 1 N–H and O–H groups in total. The summed E-state index contributed by atoms with van der Waals surface area (Å²) in [5.41, 5.74) is 3.93. The number of H-pyrrole nitrogens is 1. The fraction of sp³-hybridized carbons (Fsp3) is 0.353. The Balaban J connectivity index is 2.50. The molecule has 0 aliphatic heterocycles. The van der Waals surface area contributed by atoms with Crippen molar-refractivity contribution in [3.63, 3.8) is 0 Å². The SMILES string of the molecule is COCCc1c(C)[nH]c(=O)c(I)c1Oc1cc(C)cc(C)c1. The van der Waals surface area contributed by atoms with Crippen molar-refractivity contribution in [2.24, 2.45) is 0 Å². The molecular formula is C17H20INO3. The number of pyridine rings is 1. The zero-order chi connectivity index (χ0) is 16.3. The van der Waals surface area contributed by atoms with Crippen LogP contribution in [-0.4, -0.2) is 18.7 Å². The van der Waals surface area contributed by atoms with Crippen LogP contribution >= 0.6 is 22.6 Å². The first-order valence-electron chi connectivity index (χ1n) is 7.08. The van der Waals surface area contributed by atoms with E-state index in [9.17, 15) is 4.79 Å². The van der Waals surface area contributed by atoms with Crippen molar-refractivity contribution in [2.45, 2.75) is 27.2 Å². The summed E-state index contributed by atoms with van der Waals surface area (Å²) in [5.74, 6) is 1.38. The summed E-state index contributed by atoms with van der Waals surface area (Å²) in [7, 11) is 1.66. The van der Waals surface area contributed by atoms with Gasteiger partial charge in [0.25, 0.3) is 5.56 Å². The average Bonchev–Trinajstić information content (AvgIpc) is 2.43. The summed E-state index contributed by atoms with van der Waals surface area (Å²) < 4.78 is 11.8. The van der Waals surface area contributed by atoms with Crippen LogP contribution in [0.25, 0.3) is 0 Å². The fourth-order valence-corrected chi connectivity index (χ4v) is 3.00. The number of aryl methyl sites for hydroxylation is 3. The molecule has 0 bridgehead atoms. The number of nitrogens with one attached hydrogen (secondary N) is 1. The predicted octanol–water partition coefficient (Wildman–Crippen LogP) is 3.89. The number of hydrogen-bond acceptors (Lipinski definition) is 3. The molecule has 5 heteroatoms. The van der Waals surface area contributed by atoms with Gasteiger partial charge in [-0.15, -0.1) is 0 Å². The summed E-state index contributed by atoms with van der Waals surface area (Å²) >= 11 is 2.03. The van der Waals surface area contributed by atoms with Crippen molar-refractivity contribution in [3.05, 3.63) is 54.5 Å². The number of methoxy groups -OCH3 is 1. The van der Waals surface area contributed by atoms with Crippen molar-refractivity contribution in [1.29, 1.82) is 0 Å². The first-order chi connectivity index (χ1) is 10.4. The van der Waals surface area contributed by atoms with E-state index in [0.29, 0.717) is 22.3 Å². The Labute approximate surface area is 144 Å². The monoisotopic (exact) mass is 413 g/mol. The highest BCUT2D eigenvalue weighted by Gasteiger charge is 2.16. The third-order valence-corrected chi connectivity index (χ3v) is 4.38. The highest BCUT2D eigenvalue weighted by atomic mass is 127. The maximum Gasteiger partial charge on any atom is 0.265 e. The number of halogens is 1. The molecule has 22 heavy (non-hydrogen) atoms. The normalized spacial score (nSPS) is 10.8. The summed E-state index contributed by atoms with van der Waals surface area (Å²) in [6, 6.07) is 6.03. The van der Waals surface area contributed by atoms with Crippen LogP contribution in [0.5, 0.6) is 11.5 Å². The molecule has 1 aromatic heterocycles. The van der Waals surface area contributed by atoms with Crippen LogP contribution in [0.2, 0.25) is 0 Å². The van der Waals surface area contributed by atoms with Gasteiger partial charge < -0.3 is 14.5 Å². The standard InChI is InChI=1S/C17H20INO3/c1-10-7-11(2)9-13(8-10)22-16-14(5-6-21-4)12(3)19-17(20)15(16)18/h7-9H,5-6H2,1-4H3,(H,19,20). The number of aromatic nitrogens is 1. The molecule has 0 fully saturated rings. The van der Waals surface area contributed by atoms with Crippen molar-refractivity contribution in [2.75, 3.05) is 13.7 Å². The van der Waals surface area contributed by atoms with Gasteiger partial charge in [-0.2, -0.15) is 0 Å². The Bertz CT molecular complexity index is 717.